The predicted octanol–water partition coefficient (Wildman–Crippen LogP) is 2.81. The maximum absolute atomic E-state index is 12.2. The lowest BCUT2D eigenvalue weighted by atomic mass is 10.3. The van der Waals surface area contributed by atoms with Gasteiger partial charge in [0.15, 0.2) is 4.34 Å². The van der Waals surface area contributed by atoms with Crippen LogP contribution in [0.25, 0.3) is 0 Å². The van der Waals surface area contributed by atoms with Crippen molar-refractivity contribution in [2.45, 2.75) is 30.6 Å². The molecule has 1 heterocycles. The fourth-order valence-electron chi connectivity index (χ4n) is 1.76. The molecule has 0 fully saturated rings. The van der Waals surface area contributed by atoms with Crippen LogP contribution in [-0.4, -0.2) is 40.9 Å². The van der Waals surface area contributed by atoms with Crippen molar-refractivity contribution in [1.29, 1.82) is 0 Å². The fourth-order valence-corrected chi connectivity index (χ4v) is 3.32. The van der Waals surface area contributed by atoms with E-state index < -0.39 is 0 Å². The third-order valence-electron chi connectivity index (χ3n) is 3.30. The summed E-state index contributed by atoms with van der Waals surface area (Å²) in [7, 11) is 1.58. The first-order valence-corrected chi connectivity index (χ1v) is 9.53. The minimum Gasteiger partial charge on any atom is -0.497 e. The first kappa shape index (κ1) is 19.2. The zero-order valence-electron chi connectivity index (χ0n) is 14.2. The minimum atomic E-state index is -0.335. The van der Waals surface area contributed by atoms with E-state index >= 15 is 0 Å². The Bertz CT molecular complexity index is 718. The Labute approximate surface area is 154 Å². The topological polar surface area (TPSA) is 93.2 Å². The lowest BCUT2D eigenvalue weighted by molar-refractivity contribution is -0.119. The van der Waals surface area contributed by atoms with Crippen molar-refractivity contribution in [3.63, 3.8) is 0 Å². The summed E-state index contributed by atoms with van der Waals surface area (Å²) in [6.07, 6.45) is 0.880. The highest BCUT2D eigenvalue weighted by molar-refractivity contribution is 8.01. The molecule has 0 aliphatic rings. The number of amides is 2. The first-order valence-electron chi connectivity index (χ1n) is 7.73. The summed E-state index contributed by atoms with van der Waals surface area (Å²) in [4.78, 5) is 23.9. The first-order chi connectivity index (χ1) is 12.0. The number of benzene rings is 1. The Balaban J connectivity index is 1.86. The highest BCUT2D eigenvalue weighted by Crippen LogP contribution is 2.23. The second-order valence-corrected chi connectivity index (χ2v) is 7.42. The van der Waals surface area contributed by atoms with E-state index in [1.807, 2.05) is 13.8 Å². The van der Waals surface area contributed by atoms with Crippen LogP contribution in [0.2, 0.25) is 0 Å². The standard InChI is InChI=1S/C16H20N4O3S2/c1-4-10(2)17-13(21)9-24-16-20-19-15(25-16)14(22)18-11-5-7-12(23-3)8-6-11/h5-8,10H,4,9H2,1-3H3,(H,17,21)(H,18,22)/t10-/m1/s1. The molecule has 0 radical (unpaired) electrons. The fraction of sp³-hybridized carbons (Fsp3) is 0.375. The van der Waals surface area contributed by atoms with Crippen molar-refractivity contribution in [3.8, 4) is 5.75 Å². The van der Waals surface area contributed by atoms with Crippen LogP contribution in [0.3, 0.4) is 0 Å². The molecule has 2 N–H and O–H groups in total. The number of carbonyl (C=O) groups excluding carboxylic acids is 2. The molecule has 9 heteroatoms. The number of anilines is 1. The number of rotatable bonds is 8. The molecule has 7 nitrogen and oxygen atoms in total. The van der Waals surface area contributed by atoms with Gasteiger partial charge in [0.2, 0.25) is 10.9 Å². The van der Waals surface area contributed by atoms with E-state index in [1.165, 1.54) is 11.8 Å². The Kier molecular flexibility index (Phi) is 7.20. The Morgan fingerprint density at radius 3 is 2.64 bits per heavy atom. The molecule has 2 rings (SSSR count). The second kappa shape index (κ2) is 9.38. The summed E-state index contributed by atoms with van der Waals surface area (Å²) in [5.74, 6) is 0.569. The van der Waals surface area contributed by atoms with Crippen LogP contribution in [0.1, 0.15) is 30.1 Å². The number of hydrogen-bond donors (Lipinski definition) is 2. The van der Waals surface area contributed by atoms with Gasteiger partial charge in [-0.05, 0) is 37.6 Å². The largest absolute Gasteiger partial charge is 0.497 e. The van der Waals surface area contributed by atoms with E-state index in [-0.39, 0.29) is 28.6 Å². The normalized spacial score (nSPS) is 11.6. The van der Waals surface area contributed by atoms with Crippen LogP contribution in [0.15, 0.2) is 28.6 Å². The Morgan fingerprint density at radius 1 is 1.28 bits per heavy atom. The van der Waals surface area contributed by atoms with Gasteiger partial charge in [-0.25, -0.2) is 0 Å². The SMILES string of the molecule is CC[C@@H](C)NC(=O)CSc1nnc(C(=O)Nc2ccc(OC)cc2)s1. The molecule has 2 aromatic rings. The average Bonchev–Trinajstić information content (AvgIpc) is 3.09. The van der Waals surface area contributed by atoms with Crippen LogP contribution in [0.5, 0.6) is 5.75 Å². The van der Waals surface area contributed by atoms with Crippen molar-refractivity contribution in [2.75, 3.05) is 18.2 Å². The number of thioether (sulfide) groups is 1. The summed E-state index contributed by atoms with van der Waals surface area (Å²) in [6, 6.07) is 7.15. The van der Waals surface area contributed by atoms with Crippen molar-refractivity contribution >= 4 is 40.6 Å². The van der Waals surface area contributed by atoms with Gasteiger partial charge in [-0.2, -0.15) is 0 Å². The van der Waals surface area contributed by atoms with Gasteiger partial charge in [0.25, 0.3) is 5.91 Å². The molecule has 0 saturated heterocycles. The molecule has 0 saturated carbocycles. The molecule has 0 aliphatic carbocycles. The molecule has 2 amide bonds. The summed E-state index contributed by atoms with van der Waals surface area (Å²) < 4.78 is 5.65. The van der Waals surface area contributed by atoms with Crippen LogP contribution in [-0.2, 0) is 4.79 Å². The van der Waals surface area contributed by atoms with Gasteiger partial charge in [-0.15, -0.1) is 10.2 Å². The van der Waals surface area contributed by atoms with Gasteiger partial charge in [0, 0.05) is 11.7 Å². The summed E-state index contributed by atoms with van der Waals surface area (Å²) >= 11 is 2.43. The zero-order valence-corrected chi connectivity index (χ0v) is 15.9. The number of carbonyl (C=O) groups is 2. The van der Waals surface area contributed by atoms with Gasteiger partial charge in [0.05, 0.1) is 12.9 Å². The van der Waals surface area contributed by atoms with Crippen LogP contribution >= 0.6 is 23.1 Å². The van der Waals surface area contributed by atoms with Crippen LogP contribution < -0.4 is 15.4 Å². The van der Waals surface area contributed by atoms with Gasteiger partial charge < -0.3 is 15.4 Å². The molecule has 25 heavy (non-hydrogen) atoms. The third kappa shape index (κ3) is 6.02. The molecular formula is C16H20N4O3S2. The zero-order chi connectivity index (χ0) is 18.2. The summed E-state index contributed by atoms with van der Waals surface area (Å²) in [5.41, 5.74) is 0.642. The third-order valence-corrected chi connectivity index (χ3v) is 5.35. The molecule has 134 valence electrons. The van der Waals surface area contributed by atoms with Gasteiger partial charge >= 0.3 is 0 Å². The number of hydrogen-bond acceptors (Lipinski definition) is 7. The van der Waals surface area contributed by atoms with E-state index in [0.717, 1.165) is 17.8 Å². The maximum Gasteiger partial charge on any atom is 0.286 e. The molecule has 0 aliphatic heterocycles. The van der Waals surface area contributed by atoms with Crippen LogP contribution in [0, 0.1) is 0 Å². The lowest BCUT2D eigenvalue weighted by Gasteiger charge is -2.09. The van der Waals surface area contributed by atoms with Crippen LogP contribution in [0.4, 0.5) is 5.69 Å². The smallest absolute Gasteiger partial charge is 0.286 e. The van der Waals surface area contributed by atoms with E-state index in [9.17, 15) is 9.59 Å². The average molecular weight is 380 g/mol. The predicted molar refractivity (Wildman–Crippen MR) is 99.5 cm³/mol. The van der Waals surface area contributed by atoms with Crippen molar-refractivity contribution in [1.82, 2.24) is 15.5 Å². The van der Waals surface area contributed by atoms with Gasteiger partial charge in [0.1, 0.15) is 5.75 Å². The lowest BCUT2D eigenvalue weighted by Crippen LogP contribution is -2.33. The molecule has 1 aromatic heterocycles. The highest BCUT2D eigenvalue weighted by atomic mass is 32.2. The van der Waals surface area contributed by atoms with Crippen molar-refractivity contribution < 1.29 is 14.3 Å². The molecule has 0 unspecified atom stereocenters. The highest BCUT2D eigenvalue weighted by Gasteiger charge is 2.15. The molecule has 1 aromatic carbocycles. The minimum absolute atomic E-state index is 0.0567. The number of aromatic nitrogens is 2. The maximum atomic E-state index is 12.2. The van der Waals surface area contributed by atoms with E-state index in [2.05, 4.69) is 20.8 Å². The summed E-state index contributed by atoms with van der Waals surface area (Å²) in [5, 5.41) is 13.7. The number of nitrogens with zero attached hydrogens (tertiary/aromatic N) is 2. The van der Waals surface area contributed by atoms with E-state index in [0.29, 0.717) is 15.8 Å². The van der Waals surface area contributed by atoms with Gasteiger partial charge in [-0.3, -0.25) is 9.59 Å². The van der Waals surface area contributed by atoms with Crippen molar-refractivity contribution in [3.05, 3.63) is 29.3 Å². The number of ether oxygens (including phenoxy) is 1. The van der Waals surface area contributed by atoms with Crippen molar-refractivity contribution in [2.24, 2.45) is 0 Å². The van der Waals surface area contributed by atoms with E-state index in [1.54, 1.807) is 31.4 Å². The van der Waals surface area contributed by atoms with Gasteiger partial charge in [-0.1, -0.05) is 30.0 Å². The van der Waals surface area contributed by atoms with E-state index in [4.69, 9.17) is 4.74 Å². The Hall–Kier alpha value is -2.13. The number of nitrogens with one attached hydrogen (secondary N) is 2. The number of methoxy groups -OCH3 is 1. The Morgan fingerprint density at radius 2 is 2.00 bits per heavy atom. The second-order valence-electron chi connectivity index (χ2n) is 5.22. The molecular weight excluding hydrogens is 360 g/mol. The monoisotopic (exact) mass is 380 g/mol. The molecule has 0 bridgehead atoms. The molecule has 1 atom stereocenters. The molecule has 0 spiro atoms. The quantitative estimate of drug-likeness (QED) is 0.684. The summed E-state index contributed by atoms with van der Waals surface area (Å²) in [6.45, 7) is 3.96.